The zero-order chi connectivity index (χ0) is 14.8. The molecule has 7 heteroatoms. The summed E-state index contributed by atoms with van der Waals surface area (Å²) >= 11 is 0. The lowest BCUT2D eigenvalue weighted by Crippen LogP contribution is -2.82. The van der Waals surface area contributed by atoms with Crippen molar-refractivity contribution >= 4 is 15.9 Å². The molecule has 3 atom stereocenters. The molecule has 2 saturated carbocycles. The Morgan fingerprint density at radius 2 is 1.95 bits per heavy atom. The summed E-state index contributed by atoms with van der Waals surface area (Å²) in [6.07, 6.45) is 2.85. The van der Waals surface area contributed by atoms with Gasteiger partial charge < -0.3 is 10.5 Å². The van der Waals surface area contributed by atoms with Gasteiger partial charge >= 0.3 is 0 Å². The average molecular weight is 302 g/mol. The van der Waals surface area contributed by atoms with Gasteiger partial charge in [0.05, 0.1) is 11.4 Å². The summed E-state index contributed by atoms with van der Waals surface area (Å²) in [6.45, 7) is 4.44. The first-order valence-electron chi connectivity index (χ1n) is 7.18. The van der Waals surface area contributed by atoms with Gasteiger partial charge in [0.2, 0.25) is 10.0 Å². The van der Waals surface area contributed by atoms with Crippen LogP contribution < -0.4 is 10.5 Å². The van der Waals surface area contributed by atoms with E-state index in [0.29, 0.717) is 19.4 Å². The van der Waals surface area contributed by atoms with E-state index in [9.17, 15) is 13.2 Å². The molecule has 0 aromatic rings. The van der Waals surface area contributed by atoms with Crippen LogP contribution in [0.1, 0.15) is 39.5 Å². The van der Waals surface area contributed by atoms with Gasteiger partial charge in [-0.15, -0.1) is 0 Å². The van der Waals surface area contributed by atoms with Crippen LogP contribution in [0, 0.1) is 11.3 Å². The van der Waals surface area contributed by atoms with E-state index in [2.05, 4.69) is 4.72 Å². The Labute approximate surface area is 119 Å². The summed E-state index contributed by atoms with van der Waals surface area (Å²) in [4.78, 5) is 12.5. The highest BCUT2D eigenvalue weighted by atomic mass is 32.2. The molecule has 20 heavy (non-hydrogen) atoms. The highest BCUT2D eigenvalue weighted by Gasteiger charge is 2.70. The molecular formula is C13H22N2O4S. The van der Waals surface area contributed by atoms with Crippen molar-refractivity contribution in [3.05, 3.63) is 0 Å². The number of amides is 1. The Hall–Kier alpha value is -0.660. The molecule has 0 spiro atoms. The van der Waals surface area contributed by atoms with Gasteiger partial charge in [-0.2, -0.15) is 0 Å². The van der Waals surface area contributed by atoms with E-state index in [1.54, 1.807) is 0 Å². The van der Waals surface area contributed by atoms with Gasteiger partial charge in [-0.25, -0.2) is 8.42 Å². The smallest absolute Gasteiger partial charge is 0.254 e. The molecule has 1 heterocycles. The molecule has 0 aromatic carbocycles. The van der Waals surface area contributed by atoms with Crippen molar-refractivity contribution < 1.29 is 17.9 Å². The highest BCUT2D eigenvalue weighted by molar-refractivity contribution is 7.90. The van der Waals surface area contributed by atoms with Gasteiger partial charge in [-0.05, 0) is 25.7 Å². The number of carbonyl (C=O) groups excluding carboxylic acids is 1. The van der Waals surface area contributed by atoms with Gasteiger partial charge in [0.15, 0.2) is 0 Å². The van der Waals surface area contributed by atoms with Gasteiger partial charge in [-0.1, -0.05) is 13.8 Å². The predicted octanol–water partition coefficient (Wildman–Crippen LogP) is 0.127. The molecule has 114 valence electrons. The lowest BCUT2D eigenvalue weighted by Gasteiger charge is -2.64. The third-order valence-corrected chi connectivity index (χ3v) is 7.08. The van der Waals surface area contributed by atoms with Crippen LogP contribution in [0.15, 0.2) is 0 Å². The maximum Gasteiger partial charge on any atom is 0.254 e. The van der Waals surface area contributed by atoms with Crippen molar-refractivity contribution in [1.82, 2.24) is 4.72 Å². The molecule has 1 aliphatic heterocycles. The summed E-state index contributed by atoms with van der Waals surface area (Å²) in [5.41, 5.74) is 4.63. The van der Waals surface area contributed by atoms with Gasteiger partial charge in [-0.3, -0.25) is 9.52 Å². The lowest BCUT2D eigenvalue weighted by molar-refractivity contribution is -0.224. The number of sulfonamides is 1. The van der Waals surface area contributed by atoms with Crippen molar-refractivity contribution in [2.45, 2.75) is 56.4 Å². The molecule has 1 saturated heterocycles. The van der Waals surface area contributed by atoms with Gasteiger partial charge in [0.25, 0.3) is 5.91 Å². The predicted molar refractivity (Wildman–Crippen MR) is 73.2 cm³/mol. The number of nitrogens with one attached hydrogen (secondary N) is 1. The first-order chi connectivity index (χ1) is 9.21. The van der Waals surface area contributed by atoms with Crippen LogP contribution in [-0.2, 0) is 19.6 Å². The Bertz CT molecular complexity index is 541. The number of ether oxygens (including phenoxy) is 1. The highest BCUT2D eigenvalue weighted by Crippen LogP contribution is 2.57. The fourth-order valence-corrected chi connectivity index (χ4v) is 5.06. The maximum atomic E-state index is 12.5. The molecule has 0 aromatic heterocycles. The summed E-state index contributed by atoms with van der Waals surface area (Å²) in [5, 5.41) is -0.420. The third kappa shape index (κ3) is 1.76. The quantitative estimate of drug-likeness (QED) is 0.772. The number of hydrogen-bond acceptors (Lipinski definition) is 5. The molecule has 1 amide bonds. The van der Waals surface area contributed by atoms with Crippen LogP contribution in [-0.4, -0.2) is 37.8 Å². The minimum Gasteiger partial charge on any atom is -0.377 e. The summed E-state index contributed by atoms with van der Waals surface area (Å²) < 4.78 is 31.8. The number of hydrogen-bond donors (Lipinski definition) is 2. The zero-order valence-corrected chi connectivity index (χ0v) is 12.7. The van der Waals surface area contributed by atoms with Crippen LogP contribution in [0.4, 0.5) is 0 Å². The fraction of sp³-hybridized carbons (Fsp3) is 0.923. The van der Waals surface area contributed by atoms with E-state index in [0.717, 1.165) is 12.8 Å². The number of rotatable bonds is 3. The second-order valence-corrected chi connectivity index (χ2v) is 8.77. The second kappa shape index (κ2) is 4.18. The monoisotopic (exact) mass is 302 g/mol. The SMILES string of the molecule is CC1(C)C2OCCCC2C1(N)C(=O)NS(=O)(=O)C1CC1. The minimum absolute atomic E-state index is 0.0596. The summed E-state index contributed by atoms with van der Waals surface area (Å²) in [6, 6.07) is 0. The Kier molecular flexibility index (Phi) is 2.98. The Morgan fingerprint density at radius 3 is 2.55 bits per heavy atom. The van der Waals surface area contributed by atoms with Crippen molar-refractivity contribution in [3.63, 3.8) is 0 Å². The Balaban J connectivity index is 1.82. The lowest BCUT2D eigenvalue weighted by atomic mass is 9.46. The van der Waals surface area contributed by atoms with Gasteiger partial charge in [0.1, 0.15) is 5.54 Å². The molecule has 2 aliphatic carbocycles. The molecule has 3 N–H and O–H groups in total. The van der Waals surface area contributed by atoms with Crippen LogP contribution >= 0.6 is 0 Å². The molecule has 3 unspecified atom stereocenters. The number of carbonyl (C=O) groups is 1. The van der Waals surface area contributed by atoms with E-state index >= 15 is 0 Å². The number of fused-ring (bicyclic) bond motifs is 1. The zero-order valence-electron chi connectivity index (χ0n) is 11.9. The second-order valence-electron chi connectivity index (χ2n) is 6.81. The largest absolute Gasteiger partial charge is 0.377 e. The van der Waals surface area contributed by atoms with Crippen molar-refractivity contribution in [1.29, 1.82) is 0 Å². The normalized spacial score (nSPS) is 39.5. The third-order valence-electron chi connectivity index (χ3n) is 5.26. The van der Waals surface area contributed by atoms with Gasteiger partial charge in [0, 0.05) is 17.9 Å². The summed E-state index contributed by atoms with van der Waals surface area (Å²) in [7, 11) is -3.55. The van der Waals surface area contributed by atoms with E-state index in [4.69, 9.17) is 10.5 Å². The van der Waals surface area contributed by atoms with E-state index < -0.39 is 32.1 Å². The summed E-state index contributed by atoms with van der Waals surface area (Å²) in [5.74, 6) is -0.665. The molecule has 3 aliphatic rings. The molecule has 3 rings (SSSR count). The van der Waals surface area contributed by atoms with E-state index in [1.807, 2.05) is 13.8 Å². The topological polar surface area (TPSA) is 98.5 Å². The molecule has 0 radical (unpaired) electrons. The molecule has 6 nitrogen and oxygen atoms in total. The van der Waals surface area contributed by atoms with Crippen LogP contribution in [0.5, 0.6) is 0 Å². The van der Waals surface area contributed by atoms with Crippen molar-refractivity contribution in [2.24, 2.45) is 17.1 Å². The van der Waals surface area contributed by atoms with Crippen molar-refractivity contribution in [2.75, 3.05) is 6.61 Å². The standard InChI is InChI=1S/C13H22N2O4S/c1-12(2)10-9(4-3-7-19-10)13(12,14)11(16)15-20(17,18)8-5-6-8/h8-10H,3-7,14H2,1-2H3,(H,15,16). The minimum atomic E-state index is -3.55. The average Bonchev–Trinajstić information content (AvgIpc) is 3.21. The molecular weight excluding hydrogens is 280 g/mol. The molecule has 0 bridgehead atoms. The van der Waals surface area contributed by atoms with E-state index in [-0.39, 0.29) is 12.0 Å². The van der Waals surface area contributed by atoms with Crippen molar-refractivity contribution in [3.8, 4) is 0 Å². The maximum absolute atomic E-state index is 12.5. The van der Waals surface area contributed by atoms with E-state index in [1.165, 1.54) is 0 Å². The fourth-order valence-electron chi connectivity index (χ4n) is 3.71. The van der Waals surface area contributed by atoms with Crippen LogP contribution in [0.3, 0.4) is 0 Å². The van der Waals surface area contributed by atoms with Crippen LogP contribution in [0.25, 0.3) is 0 Å². The Morgan fingerprint density at radius 1 is 1.30 bits per heavy atom. The first kappa shape index (κ1) is 14.3. The van der Waals surface area contributed by atoms with Crippen LogP contribution in [0.2, 0.25) is 0 Å². The first-order valence-corrected chi connectivity index (χ1v) is 8.72. The molecule has 3 fully saturated rings. The number of nitrogens with two attached hydrogens (primary N) is 1.